The molecule has 1 aromatic carbocycles. The van der Waals surface area contributed by atoms with Gasteiger partial charge < -0.3 is 9.47 Å². The highest BCUT2D eigenvalue weighted by Crippen LogP contribution is 2.78. The molecule has 4 rings (SSSR count). The quantitative estimate of drug-likeness (QED) is 0.606. The number of methoxy groups -OCH3 is 1. The topological polar surface area (TPSA) is 52.6 Å². The molecule has 2 atom stereocenters. The van der Waals surface area contributed by atoms with E-state index in [2.05, 4.69) is 34.6 Å². The van der Waals surface area contributed by atoms with Gasteiger partial charge in [-0.15, -0.1) is 0 Å². The fourth-order valence-electron chi connectivity index (χ4n) is 5.41. The monoisotopic (exact) mass is 338 g/mol. The molecule has 2 aliphatic carbocycles. The Morgan fingerprint density at radius 3 is 1.88 bits per heavy atom. The van der Waals surface area contributed by atoms with Gasteiger partial charge in [0.2, 0.25) is 0 Å². The number of hydrogen-bond acceptors (Lipinski definition) is 4. The molecule has 25 heavy (non-hydrogen) atoms. The highest BCUT2D eigenvalue weighted by molar-refractivity contribution is 6.18. The van der Waals surface area contributed by atoms with Crippen molar-refractivity contribution in [3.63, 3.8) is 0 Å². The second-order valence-electron chi connectivity index (χ2n) is 8.03. The second-order valence-corrected chi connectivity index (χ2v) is 8.03. The van der Waals surface area contributed by atoms with Crippen molar-refractivity contribution in [3.05, 3.63) is 46.5 Å². The Labute approximate surface area is 147 Å². The van der Waals surface area contributed by atoms with Gasteiger partial charge in [0.15, 0.2) is 0 Å². The van der Waals surface area contributed by atoms with E-state index in [1.54, 1.807) is 7.11 Å². The lowest BCUT2D eigenvalue weighted by atomic mass is 9.59. The van der Waals surface area contributed by atoms with Crippen LogP contribution >= 0.6 is 0 Å². The molecule has 0 saturated heterocycles. The number of allylic oxidation sites excluding steroid dienone is 2. The van der Waals surface area contributed by atoms with Gasteiger partial charge in [-0.1, -0.05) is 45.4 Å². The van der Waals surface area contributed by atoms with Crippen molar-refractivity contribution in [1.82, 2.24) is 0 Å². The van der Waals surface area contributed by atoms with E-state index in [4.69, 9.17) is 9.47 Å². The molecule has 0 saturated carbocycles. The Bertz CT molecular complexity index is 900. The molecule has 0 aromatic heterocycles. The van der Waals surface area contributed by atoms with E-state index < -0.39 is 22.8 Å². The smallest absolute Gasteiger partial charge is 0.343 e. The number of fused-ring (bicyclic) bond motifs is 4. The maximum Gasteiger partial charge on any atom is 0.343 e. The van der Waals surface area contributed by atoms with Gasteiger partial charge in [-0.25, -0.2) is 9.59 Å². The van der Waals surface area contributed by atoms with Gasteiger partial charge in [-0.3, -0.25) is 0 Å². The lowest BCUT2D eigenvalue weighted by Crippen LogP contribution is -2.40. The van der Waals surface area contributed by atoms with Crippen LogP contribution in [-0.4, -0.2) is 19.0 Å². The summed E-state index contributed by atoms with van der Waals surface area (Å²) in [7, 11) is 1.64. The van der Waals surface area contributed by atoms with Crippen LogP contribution in [0.15, 0.2) is 41.0 Å². The summed E-state index contributed by atoms with van der Waals surface area (Å²) in [6, 6.07) is 7.89. The molecule has 0 radical (unpaired) electrons. The number of carbonyl (C=O) groups is 2. The van der Waals surface area contributed by atoms with Gasteiger partial charge in [0.05, 0.1) is 18.3 Å². The molecule has 1 aromatic rings. The van der Waals surface area contributed by atoms with Crippen LogP contribution in [0.5, 0.6) is 5.75 Å². The Kier molecular flexibility index (Phi) is 2.85. The average Bonchev–Trinajstić information content (AvgIpc) is 2.99. The predicted octanol–water partition coefficient (Wildman–Crippen LogP) is 3.91. The first-order chi connectivity index (χ1) is 11.6. The average molecular weight is 338 g/mol. The van der Waals surface area contributed by atoms with Gasteiger partial charge >= 0.3 is 11.9 Å². The summed E-state index contributed by atoms with van der Waals surface area (Å²) < 4.78 is 10.3. The van der Waals surface area contributed by atoms with E-state index in [0.29, 0.717) is 11.1 Å². The molecule has 3 aliphatic rings. The number of carbonyl (C=O) groups excluding carboxylic acids is 2. The third kappa shape index (κ3) is 1.46. The third-order valence-electron chi connectivity index (χ3n) is 7.35. The highest BCUT2D eigenvalue weighted by Gasteiger charge is 2.74. The zero-order valence-electron chi connectivity index (χ0n) is 15.4. The molecule has 130 valence electrons. The number of hydrogen-bond donors (Lipinski definition) is 0. The van der Waals surface area contributed by atoms with Crippen LogP contribution in [0, 0.1) is 16.2 Å². The highest BCUT2D eigenvalue weighted by atomic mass is 16.6. The maximum atomic E-state index is 12.5. The minimum atomic E-state index is -0.570. The Balaban J connectivity index is 2.01. The molecule has 0 N–H and O–H groups in total. The van der Waals surface area contributed by atoms with Gasteiger partial charge in [0.25, 0.3) is 0 Å². The summed E-state index contributed by atoms with van der Waals surface area (Å²) in [4.78, 5) is 25.0. The molecule has 2 unspecified atom stereocenters. The van der Waals surface area contributed by atoms with E-state index in [1.807, 2.05) is 24.3 Å². The molecule has 1 aliphatic heterocycles. The first-order valence-electron chi connectivity index (χ1n) is 8.50. The van der Waals surface area contributed by atoms with Gasteiger partial charge in [0, 0.05) is 10.8 Å². The molecule has 0 fully saturated rings. The summed E-state index contributed by atoms with van der Waals surface area (Å²) in [6.45, 7) is 10.5. The number of cyclic esters (lactones) is 2. The van der Waals surface area contributed by atoms with Crippen molar-refractivity contribution in [2.45, 2.75) is 34.6 Å². The first-order valence-corrected chi connectivity index (χ1v) is 8.50. The normalized spacial score (nSPS) is 32.4. The minimum Gasteiger partial charge on any atom is -0.497 e. The zero-order valence-corrected chi connectivity index (χ0v) is 15.4. The number of rotatable bonds is 2. The van der Waals surface area contributed by atoms with Crippen LogP contribution in [0.1, 0.15) is 40.2 Å². The Morgan fingerprint density at radius 1 is 0.840 bits per heavy atom. The molecule has 0 amide bonds. The summed E-state index contributed by atoms with van der Waals surface area (Å²) in [6.07, 6.45) is 0. The molecule has 0 spiro atoms. The van der Waals surface area contributed by atoms with Gasteiger partial charge in [-0.2, -0.15) is 0 Å². The summed E-state index contributed by atoms with van der Waals surface area (Å²) >= 11 is 0. The van der Waals surface area contributed by atoms with E-state index in [1.165, 1.54) is 0 Å². The second kappa shape index (κ2) is 4.43. The Morgan fingerprint density at radius 2 is 1.36 bits per heavy atom. The summed E-state index contributed by atoms with van der Waals surface area (Å²) in [5, 5.41) is 0. The largest absolute Gasteiger partial charge is 0.497 e. The number of benzene rings is 1. The van der Waals surface area contributed by atoms with Crippen molar-refractivity contribution in [2.75, 3.05) is 7.11 Å². The molecule has 4 nitrogen and oxygen atoms in total. The van der Waals surface area contributed by atoms with Crippen LogP contribution in [0.4, 0.5) is 0 Å². The molecule has 4 heteroatoms. The Hall–Kier alpha value is -2.36. The zero-order chi connectivity index (χ0) is 18.4. The molecular weight excluding hydrogens is 316 g/mol. The van der Waals surface area contributed by atoms with Crippen molar-refractivity contribution in [2.24, 2.45) is 16.2 Å². The molecular formula is C21H22O4. The van der Waals surface area contributed by atoms with Crippen molar-refractivity contribution in [3.8, 4) is 5.75 Å². The van der Waals surface area contributed by atoms with Crippen LogP contribution in [-0.2, 0) is 14.3 Å². The first kappa shape index (κ1) is 16.1. The van der Waals surface area contributed by atoms with Crippen molar-refractivity contribution >= 4 is 17.5 Å². The van der Waals surface area contributed by atoms with Gasteiger partial charge in [-0.05, 0) is 35.6 Å². The summed E-state index contributed by atoms with van der Waals surface area (Å²) in [5.41, 5.74) is 3.01. The van der Waals surface area contributed by atoms with Gasteiger partial charge in [0.1, 0.15) is 5.75 Å². The van der Waals surface area contributed by atoms with Crippen LogP contribution in [0.3, 0.4) is 0 Å². The lowest BCUT2D eigenvalue weighted by molar-refractivity contribution is -0.153. The lowest BCUT2D eigenvalue weighted by Gasteiger charge is -2.43. The molecule has 2 bridgehead atoms. The predicted molar refractivity (Wildman–Crippen MR) is 93.7 cm³/mol. The fraction of sp³-hybridized carbons (Fsp3) is 0.429. The fourth-order valence-corrected chi connectivity index (χ4v) is 5.41. The van der Waals surface area contributed by atoms with Crippen LogP contribution < -0.4 is 4.74 Å². The van der Waals surface area contributed by atoms with Crippen LogP contribution in [0.2, 0.25) is 0 Å². The number of esters is 2. The maximum absolute atomic E-state index is 12.5. The third-order valence-corrected chi connectivity index (χ3v) is 7.35. The summed E-state index contributed by atoms with van der Waals surface area (Å²) in [5.74, 6) is -0.179. The van der Waals surface area contributed by atoms with E-state index in [-0.39, 0.29) is 5.41 Å². The SMILES string of the molecule is COc1ccc(C2=C(C)C3(C)C4=C(C(=O)OC4=O)C2(C)C3(C)C)cc1. The van der Waals surface area contributed by atoms with E-state index in [9.17, 15) is 9.59 Å². The number of ether oxygens (including phenoxy) is 2. The standard InChI is InChI=1S/C21H22O4/c1-11-14(12-7-9-13(24-6)10-8-12)21(5)16-15(17(22)25-18(16)23)20(11,4)19(21,2)3/h7-10H,1-6H3. The van der Waals surface area contributed by atoms with Crippen molar-refractivity contribution in [1.29, 1.82) is 0 Å². The van der Waals surface area contributed by atoms with Crippen LogP contribution in [0.25, 0.3) is 5.57 Å². The molecule has 1 heterocycles. The van der Waals surface area contributed by atoms with E-state index >= 15 is 0 Å². The minimum absolute atomic E-state index is 0.306. The van der Waals surface area contributed by atoms with E-state index in [0.717, 1.165) is 22.5 Å². The van der Waals surface area contributed by atoms with Crippen molar-refractivity contribution < 1.29 is 19.1 Å².